The van der Waals surface area contributed by atoms with Crippen molar-refractivity contribution in [3.8, 4) is 0 Å². The zero-order valence-corrected chi connectivity index (χ0v) is 10.1. The minimum atomic E-state index is 0.207. The summed E-state index contributed by atoms with van der Waals surface area (Å²) in [6.45, 7) is 5.33. The van der Waals surface area contributed by atoms with E-state index in [4.69, 9.17) is 23.2 Å². The molecule has 0 N–H and O–H groups in total. The molecule has 1 aliphatic rings. The minimum absolute atomic E-state index is 0.207. The fraction of sp³-hybridized carbons (Fsp3) is 0.600. The highest BCUT2D eigenvalue weighted by molar-refractivity contribution is 6.32. The lowest BCUT2D eigenvalue weighted by atomic mass is 10.2. The maximum Gasteiger partial charge on any atom is 0.223 e. The summed E-state index contributed by atoms with van der Waals surface area (Å²) in [6.07, 6.45) is 2.96. The van der Waals surface area contributed by atoms with E-state index < -0.39 is 0 Å². The van der Waals surface area contributed by atoms with E-state index in [0.717, 1.165) is 31.1 Å². The molecule has 1 fully saturated rings. The van der Waals surface area contributed by atoms with Crippen LogP contribution in [0.2, 0.25) is 10.4 Å². The van der Waals surface area contributed by atoms with Crippen LogP contribution in [0.4, 0.5) is 0 Å². The Morgan fingerprint density at radius 2 is 2.33 bits per heavy atom. The van der Waals surface area contributed by atoms with E-state index in [9.17, 15) is 0 Å². The quantitative estimate of drug-likeness (QED) is 0.593. The summed E-state index contributed by atoms with van der Waals surface area (Å²) in [7, 11) is 0. The van der Waals surface area contributed by atoms with Crippen molar-refractivity contribution in [1.29, 1.82) is 0 Å². The third kappa shape index (κ3) is 2.80. The van der Waals surface area contributed by atoms with Gasteiger partial charge in [-0.3, -0.25) is 4.90 Å². The summed E-state index contributed by atoms with van der Waals surface area (Å²) in [5.41, 5.74) is 0.954. The highest BCUT2D eigenvalue weighted by atomic mass is 35.5. The molecule has 0 radical (unpaired) electrons. The zero-order chi connectivity index (χ0) is 10.8. The summed E-state index contributed by atoms with van der Waals surface area (Å²) < 4.78 is 0. The summed E-state index contributed by atoms with van der Waals surface area (Å²) in [5.74, 6) is 0.775. The first-order valence-corrected chi connectivity index (χ1v) is 5.80. The number of rotatable bonds is 2. The Morgan fingerprint density at radius 1 is 1.53 bits per heavy atom. The van der Waals surface area contributed by atoms with E-state index >= 15 is 0 Å². The van der Waals surface area contributed by atoms with Gasteiger partial charge in [0.25, 0.3) is 0 Å². The average Bonchev–Trinajstić information content (AvgIpc) is 2.56. The number of hydrogen-bond acceptors (Lipinski definition) is 3. The maximum atomic E-state index is 5.98. The molecular formula is C10H13Cl2N3. The molecule has 15 heavy (non-hydrogen) atoms. The van der Waals surface area contributed by atoms with E-state index in [1.165, 1.54) is 6.42 Å². The van der Waals surface area contributed by atoms with E-state index in [1.54, 1.807) is 6.20 Å². The molecule has 2 rings (SSSR count). The number of aromatic nitrogens is 2. The smallest absolute Gasteiger partial charge is 0.223 e. The fourth-order valence-corrected chi connectivity index (χ4v) is 2.25. The molecular weight excluding hydrogens is 233 g/mol. The van der Waals surface area contributed by atoms with Gasteiger partial charge in [0.05, 0.1) is 0 Å². The molecule has 82 valence electrons. The van der Waals surface area contributed by atoms with Gasteiger partial charge in [-0.25, -0.2) is 9.97 Å². The molecule has 1 unspecified atom stereocenters. The summed E-state index contributed by atoms with van der Waals surface area (Å²) in [6, 6.07) is 0. The van der Waals surface area contributed by atoms with E-state index in [2.05, 4.69) is 21.8 Å². The molecule has 0 bridgehead atoms. The molecule has 5 heteroatoms. The third-order valence-electron chi connectivity index (χ3n) is 2.68. The Bertz CT molecular complexity index is 357. The standard InChI is InChI=1S/C10H13Cl2N3/c1-7-2-3-15(5-7)6-8-4-13-10(12)14-9(8)11/h4,7H,2-3,5-6H2,1H3. The van der Waals surface area contributed by atoms with Crippen LogP contribution in [0.5, 0.6) is 0 Å². The minimum Gasteiger partial charge on any atom is -0.299 e. The molecule has 0 aliphatic carbocycles. The van der Waals surface area contributed by atoms with Gasteiger partial charge in [0, 0.05) is 24.8 Å². The van der Waals surface area contributed by atoms with Crippen molar-refractivity contribution in [3.63, 3.8) is 0 Å². The Kier molecular flexibility index (Phi) is 3.44. The second kappa shape index (κ2) is 4.64. The first kappa shape index (κ1) is 11.1. The molecule has 1 aromatic rings. The predicted molar refractivity (Wildman–Crippen MR) is 61.1 cm³/mol. The van der Waals surface area contributed by atoms with Crippen LogP contribution in [-0.4, -0.2) is 28.0 Å². The highest BCUT2D eigenvalue weighted by Crippen LogP contribution is 2.21. The molecule has 0 spiro atoms. The van der Waals surface area contributed by atoms with Crippen molar-refractivity contribution in [3.05, 3.63) is 22.2 Å². The van der Waals surface area contributed by atoms with Crippen LogP contribution in [0.1, 0.15) is 18.9 Å². The van der Waals surface area contributed by atoms with Crippen LogP contribution in [0.15, 0.2) is 6.20 Å². The molecule has 0 amide bonds. The molecule has 3 nitrogen and oxygen atoms in total. The van der Waals surface area contributed by atoms with Crippen molar-refractivity contribution in [1.82, 2.24) is 14.9 Å². The first-order chi connectivity index (χ1) is 7.15. The van der Waals surface area contributed by atoms with Gasteiger partial charge < -0.3 is 0 Å². The molecule has 1 aromatic heterocycles. The molecule has 0 saturated carbocycles. The molecule has 1 aliphatic heterocycles. The topological polar surface area (TPSA) is 29.0 Å². The van der Waals surface area contributed by atoms with Crippen molar-refractivity contribution < 1.29 is 0 Å². The van der Waals surface area contributed by atoms with Gasteiger partial charge in [0.1, 0.15) is 5.15 Å². The van der Waals surface area contributed by atoms with Crippen molar-refractivity contribution in [2.75, 3.05) is 13.1 Å². The molecule has 2 heterocycles. The highest BCUT2D eigenvalue weighted by Gasteiger charge is 2.19. The first-order valence-electron chi connectivity index (χ1n) is 5.04. The van der Waals surface area contributed by atoms with Crippen molar-refractivity contribution in [2.45, 2.75) is 19.9 Å². The largest absolute Gasteiger partial charge is 0.299 e. The van der Waals surface area contributed by atoms with Crippen LogP contribution in [0.3, 0.4) is 0 Å². The summed E-state index contributed by atoms with van der Waals surface area (Å²) in [5, 5.41) is 0.674. The number of nitrogens with zero attached hydrogens (tertiary/aromatic N) is 3. The van der Waals surface area contributed by atoms with E-state index in [0.29, 0.717) is 5.15 Å². The van der Waals surface area contributed by atoms with Gasteiger partial charge in [-0.2, -0.15) is 0 Å². The Labute approximate surface area is 99.4 Å². The van der Waals surface area contributed by atoms with Gasteiger partial charge in [-0.05, 0) is 30.5 Å². The zero-order valence-electron chi connectivity index (χ0n) is 8.58. The van der Waals surface area contributed by atoms with Crippen LogP contribution in [0, 0.1) is 5.92 Å². The lowest BCUT2D eigenvalue weighted by Crippen LogP contribution is -2.20. The van der Waals surface area contributed by atoms with Gasteiger partial charge in [0.15, 0.2) is 0 Å². The Morgan fingerprint density at radius 3 is 2.93 bits per heavy atom. The number of halogens is 2. The van der Waals surface area contributed by atoms with Crippen LogP contribution < -0.4 is 0 Å². The van der Waals surface area contributed by atoms with Crippen molar-refractivity contribution >= 4 is 23.2 Å². The third-order valence-corrected chi connectivity index (χ3v) is 3.19. The van der Waals surface area contributed by atoms with Crippen LogP contribution in [-0.2, 0) is 6.54 Å². The summed E-state index contributed by atoms with van der Waals surface area (Å²) >= 11 is 11.6. The Hall–Kier alpha value is -0.380. The van der Waals surface area contributed by atoms with Gasteiger partial charge in [0.2, 0.25) is 5.28 Å². The molecule has 1 saturated heterocycles. The van der Waals surface area contributed by atoms with Gasteiger partial charge in [-0.1, -0.05) is 18.5 Å². The number of hydrogen-bond donors (Lipinski definition) is 0. The van der Waals surface area contributed by atoms with Crippen molar-refractivity contribution in [2.24, 2.45) is 5.92 Å². The normalized spacial score (nSPS) is 22.2. The predicted octanol–water partition coefficient (Wildman–Crippen LogP) is 2.63. The monoisotopic (exact) mass is 245 g/mol. The van der Waals surface area contributed by atoms with Gasteiger partial charge in [-0.15, -0.1) is 0 Å². The summed E-state index contributed by atoms with van der Waals surface area (Å²) in [4.78, 5) is 10.2. The lowest BCUT2D eigenvalue weighted by Gasteiger charge is -2.15. The van der Waals surface area contributed by atoms with E-state index in [-0.39, 0.29) is 5.28 Å². The lowest BCUT2D eigenvalue weighted by molar-refractivity contribution is 0.319. The van der Waals surface area contributed by atoms with Crippen LogP contribution in [0.25, 0.3) is 0 Å². The van der Waals surface area contributed by atoms with Crippen LogP contribution >= 0.6 is 23.2 Å². The second-order valence-electron chi connectivity index (χ2n) is 4.08. The molecule has 1 atom stereocenters. The van der Waals surface area contributed by atoms with E-state index in [1.807, 2.05) is 0 Å². The SMILES string of the molecule is CC1CCN(Cc2cnc(Cl)nc2Cl)C1. The van der Waals surface area contributed by atoms with Gasteiger partial charge >= 0.3 is 0 Å². The average molecular weight is 246 g/mol. The number of likely N-dealkylation sites (tertiary alicyclic amines) is 1. The fourth-order valence-electron chi connectivity index (χ4n) is 1.88. The maximum absolute atomic E-state index is 5.98. The molecule has 0 aromatic carbocycles. The Balaban J connectivity index is 2.04. The second-order valence-corrected chi connectivity index (χ2v) is 4.78.